The molecule has 5 N–H and O–H groups in total. The fourth-order valence-corrected chi connectivity index (χ4v) is 2.92. The molecule has 1 aromatic heterocycles. The molecule has 0 amide bonds. The van der Waals surface area contributed by atoms with E-state index in [9.17, 15) is 4.79 Å². The van der Waals surface area contributed by atoms with Crippen molar-refractivity contribution in [3.05, 3.63) is 59.3 Å². The van der Waals surface area contributed by atoms with Crippen LogP contribution in [0, 0.1) is 0 Å². The second kappa shape index (κ2) is 9.11. The molecule has 0 fully saturated rings. The van der Waals surface area contributed by atoms with E-state index in [-0.39, 0.29) is 23.9 Å². The summed E-state index contributed by atoms with van der Waals surface area (Å²) >= 11 is 0. The highest BCUT2D eigenvalue weighted by Gasteiger charge is 2.16. The van der Waals surface area contributed by atoms with Gasteiger partial charge in [0.15, 0.2) is 11.5 Å². The van der Waals surface area contributed by atoms with Crippen LogP contribution < -0.4 is 20.9 Å². The van der Waals surface area contributed by atoms with Gasteiger partial charge < -0.3 is 26.0 Å². The summed E-state index contributed by atoms with van der Waals surface area (Å²) in [7, 11) is 3.11. The number of methoxy groups -OCH3 is 2. The molecule has 0 aliphatic heterocycles. The number of hydrogen-bond acceptors (Lipinski definition) is 7. The first-order valence-electron chi connectivity index (χ1n) is 8.38. The summed E-state index contributed by atoms with van der Waals surface area (Å²) < 4.78 is 11.0. The zero-order chi connectivity index (χ0) is 20.3. The molecular weight excluding hydrogens is 396 g/mol. The van der Waals surface area contributed by atoms with Crippen molar-refractivity contribution in [2.24, 2.45) is 0 Å². The van der Waals surface area contributed by atoms with Crippen LogP contribution in [0.5, 0.6) is 11.5 Å². The second-order valence-electron chi connectivity index (χ2n) is 6.08. The smallest absolute Gasteiger partial charge is 0.335 e. The van der Waals surface area contributed by atoms with Gasteiger partial charge in [0.25, 0.3) is 0 Å². The molecule has 0 radical (unpaired) electrons. The van der Waals surface area contributed by atoms with Gasteiger partial charge in [0, 0.05) is 23.7 Å². The first kappa shape index (κ1) is 21.8. The molecule has 0 atom stereocenters. The minimum absolute atomic E-state index is 0. The molecule has 1 heterocycles. The van der Waals surface area contributed by atoms with Crippen molar-refractivity contribution in [3.63, 3.8) is 0 Å². The molecule has 8 nitrogen and oxygen atoms in total. The highest BCUT2D eigenvalue weighted by molar-refractivity contribution is 5.88. The van der Waals surface area contributed by atoms with E-state index >= 15 is 0 Å². The lowest BCUT2D eigenvalue weighted by atomic mass is 9.97. The van der Waals surface area contributed by atoms with Gasteiger partial charge in [-0.1, -0.05) is 12.1 Å². The van der Waals surface area contributed by atoms with Crippen LogP contribution in [0.15, 0.2) is 42.6 Å². The summed E-state index contributed by atoms with van der Waals surface area (Å²) in [6.07, 6.45) is 2.06. The lowest BCUT2D eigenvalue weighted by molar-refractivity contribution is 0.0697. The molecule has 0 spiro atoms. The number of nitrogens with two attached hydrogens (primary N) is 2. The number of carboxylic acid groups (broad SMARTS) is 1. The Morgan fingerprint density at radius 3 is 2.34 bits per heavy atom. The van der Waals surface area contributed by atoms with Crippen LogP contribution in [0.1, 0.15) is 21.5 Å². The number of carboxylic acids is 1. The topological polar surface area (TPSA) is 134 Å². The van der Waals surface area contributed by atoms with Crippen molar-refractivity contribution < 1.29 is 19.4 Å². The lowest BCUT2D eigenvalue weighted by Crippen LogP contribution is -2.04. The van der Waals surface area contributed by atoms with Gasteiger partial charge in [0.1, 0.15) is 5.82 Å². The molecule has 152 valence electrons. The minimum Gasteiger partial charge on any atom is -0.493 e. The third kappa shape index (κ3) is 4.67. The molecule has 0 saturated heterocycles. The summed E-state index contributed by atoms with van der Waals surface area (Å²) in [4.78, 5) is 19.1. The molecule has 2 aromatic carbocycles. The Kier molecular flexibility index (Phi) is 6.84. The van der Waals surface area contributed by atoms with Gasteiger partial charge in [0.05, 0.1) is 19.8 Å². The van der Waals surface area contributed by atoms with E-state index in [4.69, 9.17) is 26.0 Å². The van der Waals surface area contributed by atoms with E-state index in [0.29, 0.717) is 23.7 Å². The largest absolute Gasteiger partial charge is 0.493 e. The molecular formula is C20H21ClN4O4. The molecule has 3 aromatic rings. The van der Waals surface area contributed by atoms with Gasteiger partial charge in [-0.15, -0.1) is 12.4 Å². The SMILES string of the molecule is COc1cc(Cc2cnc(N)nc2N)cc(-c2ccc(C(=O)O)cc2)c1OC.Cl. The summed E-state index contributed by atoms with van der Waals surface area (Å²) in [6.45, 7) is 0. The van der Waals surface area contributed by atoms with Gasteiger partial charge in [-0.2, -0.15) is 4.98 Å². The van der Waals surface area contributed by atoms with Crippen LogP contribution >= 0.6 is 12.4 Å². The van der Waals surface area contributed by atoms with Crippen molar-refractivity contribution in [1.82, 2.24) is 9.97 Å². The van der Waals surface area contributed by atoms with Crippen LogP contribution in [0.3, 0.4) is 0 Å². The first-order chi connectivity index (χ1) is 13.4. The Morgan fingerprint density at radius 1 is 1.10 bits per heavy atom. The van der Waals surface area contributed by atoms with Crippen molar-refractivity contribution in [3.8, 4) is 22.6 Å². The molecule has 0 unspecified atom stereocenters. The quantitative estimate of drug-likeness (QED) is 0.558. The number of hydrogen-bond donors (Lipinski definition) is 3. The van der Waals surface area contributed by atoms with Crippen molar-refractivity contribution in [1.29, 1.82) is 0 Å². The van der Waals surface area contributed by atoms with Crippen LogP contribution in [-0.4, -0.2) is 35.3 Å². The molecule has 0 aliphatic rings. The van der Waals surface area contributed by atoms with Crippen molar-refractivity contribution >= 4 is 30.1 Å². The van der Waals surface area contributed by atoms with E-state index in [1.807, 2.05) is 12.1 Å². The van der Waals surface area contributed by atoms with Gasteiger partial charge in [0.2, 0.25) is 5.95 Å². The third-order valence-electron chi connectivity index (χ3n) is 4.29. The number of carbonyl (C=O) groups is 1. The summed E-state index contributed by atoms with van der Waals surface area (Å²) in [5.41, 5.74) is 14.9. The molecule has 0 bridgehead atoms. The fourth-order valence-electron chi connectivity index (χ4n) is 2.92. The number of aromatic nitrogens is 2. The van der Waals surface area contributed by atoms with E-state index in [1.54, 1.807) is 44.7 Å². The summed E-state index contributed by atoms with van der Waals surface area (Å²) in [6, 6.07) is 10.3. The van der Waals surface area contributed by atoms with E-state index < -0.39 is 5.97 Å². The average Bonchev–Trinajstić information content (AvgIpc) is 2.69. The Bertz CT molecular complexity index is 1030. The average molecular weight is 417 g/mol. The second-order valence-corrected chi connectivity index (χ2v) is 6.08. The Balaban J connectivity index is 0.00000300. The lowest BCUT2D eigenvalue weighted by Gasteiger charge is -2.16. The van der Waals surface area contributed by atoms with Crippen LogP contribution in [0.2, 0.25) is 0 Å². The maximum Gasteiger partial charge on any atom is 0.335 e. The predicted octanol–water partition coefficient (Wildman–Crippen LogP) is 3.04. The highest BCUT2D eigenvalue weighted by atomic mass is 35.5. The number of nitrogens with zero attached hydrogens (tertiary/aromatic N) is 2. The monoisotopic (exact) mass is 416 g/mol. The minimum atomic E-state index is -0.983. The first-order valence-corrected chi connectivity index (χ1v) is 8.38. The molecule has 3 rings (SSSR count). The molecule has 29 heavy (non-hydrogen) atoms. The molecule has 0 aliphatic carbocycles. The summed E-state index contributed by atoms with van der Waals surface area (Å²) in [5, 5.41) is 9.11. The number of benzene rings is 2. The van der Waals surface area contributed by atoms with E-state index in [2.05, 4.69) is 9.97 Å². The Hall–Kier alpha value is -3.52. The van der Waals surface area contributed by atoms with Crippen molar-refractivity contribution in [2.45, 2.75) is 6.42 Å². The highest BCUT2D eigenvalue weighted by Crippen LogP contribution is 2.40. The molecule has 9 heteroatoms. The van der Waals surface area contributed by atoms with Crippen LogP contribution in [0.4, 0.5) is 11.8 Å². The van der Waals surface area contributed by atoms with Gasteiger partial charge in [-0.25, -0.2) is 9.78 Å². The number of rotatable bonds is 6. The van der Waals surface area contributed by atoms with Gasteiger partial charge in [-0.05, 0) is 35.4 Å². The zero-order valence-corrected chi connectivity index (χ0v) is 16.7. The van der Waals surface area contributed by atoms with Crippen LogP contribution in [0.25, 0.3) is 11.1 Å². The van der Waals surface area contributed by atoms with E-state index in [1.165, 1.54) is 0 Å². The third-order valence-corrected chi connectivity index (χ3v) is 4.29. The van der Waals surface area contributed by atoms with Crippen LogP contribution in [-0.2, 0) is 6.42 Å². The number of aromatic carboxylic acids is 1. The summed E-state index contributed by atoms with van der Waals surface area (Å²) in [5.74, 6) is 0.550. The van der Waals surface area contributed by atoms with Gasteiger partial charge >= 0.3 is 5.97 Å². The maximum absolute atomic E-state index is 11.1. The number of anilines is 2. The fraction of sp³-hybridized carbons (Fsp3) is 0.150. The maximum atomic E-state index is 11.1. The normalized spacial score (nSPS) is 10.1. The molecule has 0 saturated carbocycles. The van der Waals surface area contributed by atoms with Gasteiger partial charge in [-0.3, -0.25) is 0 Å². The standard InChI is InChI=1S/C20H20N4O4.ClH/c1-27-16-9-11(7-14-10-23-20(22)24-18(14)21)8-15(17(16)28-2)12-3-5-13(6-4-12)19(25)26;/h3-6,8-10H,7H2,1-2H3,(H,25,26)(H4,21,22,23,24);1H. The zero-order valence-electron chi connectivity index (χ0n) is 15.9. The van der Waals surface area contributed by atoms with E-state index in [0.717, 1.165) is 22.3 Å². The number of ether oxygens (including phenoxy) is 2. The number of nitrogen functional groups attached to an aromatic ring is 2. The van der Waals surface area contributed by atoms with Crippen molar-refractivity contribution in [2.75, 3.05) is 25.7 Å². The number of halogens is 1. The Labute approximate surface area is 173 Å². The Morgan fingerprint density at radius 2 is 1.79 bits per heavy atom. The predicted molar refractivity (Wildman–Crippen MR) is 113 cm³/mol.